The summed E-state index contributed by atoms with van der Waals surface area (Å²) in [5.41, 5.74) is 4.94. The van der Waals surface area contributed by atoms with Crippen molar-refractivity contribution in [2.24, 2.45) is 0 Å². The van der Waals surface area contributed by atoms with Gasteiger partial charge in [-0.25, -0.2) is 9.67 Å². The Morgan fingerprint density at radius 3 is 2.64 bits per heavy atom. The number of hydrogen-bond acceptors (Lipinski definition) is 4. The van der Waals surface area contributed by atoms with Crippen molar-refractivity contribution >= 4 is 16.9 Å². The van der Waals surface area contributed by atoms with Crippen LogP contribution in [0, 0.1) is 20.8 Å². The smallest absolute Gasteiger partial charge is 0.252 e. The molecule has 0 aliphatic heterocycles. The number of pyridine rings is 1. The van der Waals surface area contributed by atoms with E-state index in [1.165, 1.54) is 5.56 Å². The van der Waals surface area contributed by atoms with Crippen molar-refractivity contribution in [2.75, 3.05) is 6.54 Å². The first kappa shape index (κ1) is 18.0. The molecule has 6 nitrogen and oxygen atoms in total. The highest BCUT2D eigenvalue weighted by molar-refractivity contribution is 6.06. The van der Waals surface area contributed by atoms with Crippen LogP contribution in [-0.4, -0.2) is 27.2 Å². The molecule has 0 saturated heterocycles. The fraction of sp³-hybridized carbons (Fsp3) is 0.227. The first-order valence-corrected chi connectivity index (χ1v) is 9.27. The predicted octanol–water partition coefficient (Wildman–Crippen LogP) is 3.91. The van der Waals surface area contributed by atoms with Crippen LogP contribution < -0.4 is 5.32 Å². The molecule has 0 bridgehead atoms. The van der Waals surface area contributed by atoms with Gasteiger partial charge in [0.15, 0.2) is 5.65 Å². The van der Waals surface area contributed by atoms with Crippen molar-refractivity contribution in [1.29, 1.82) is 0 Å². The zero-order valence-electron chi connectivity index (χ0n) is 16.2. The third kappa shape index (κ3) is 3.41. The molecule has 0 saturated carbocycles. The Morgan fingerprint density at radius 2 is 1.93 bits per heavy atom. The van der Waals surface area contributed by atoms with Gasteiger partial charge in [-0.2, -0.15) is 5.10 Å². The van der Waals surface area contributed by atoms with Gasteiger partial charge in [-0.3, -0.25) is 4.79 Å². The minimum Gasteiger partial charge on any atom is -0.469 e. The molecule has 1 N–H and O–H groups in total. The van der Waals surface area contributed by atoms with Crippen LogP contribution >= 0.6 is 0 Å². The van der Waals surface area contributed by atoms with E-state index in [-0.39, 0.29) is 5.91 Å². The average molecular weight is 374 g/mol. The highest BCUT2D eigenvalue weighted by Gasteiger charge is 2.19. The molecule has 3 heterocycles. The Hall–Kier alpha value is -3.41. The lowest BCUT2D eigenvalue weighted by atomic mass is 10.1. The molecule has 0 aliphatic carbocycles. The van der Waals surface area contributed by atoms with Crippen LogP contribution in [0.25, 0.3) is 16.7 Å². The molecule has 0 atom stereocenters. The molecule has 1 amide bonds. The Labute approximate surface area is 163 Å². The largest absolute Gasteiger partial charge is 0.469 e. The summed E-state index contributed by atoms with van der Waals surface area (Å²) in [7, 11) is 0. The summed E-state index contributed by atoms with van der Waals surface area (Å²) in [6, 6.07) is 13.7. The number of carbonyl (C=O) groups is 1. The van der Waals surface area contributed by atoms with Crippen LogP contribution in [0.4, 0.5) is 0 Å². The number of fused-ring (bicyclic) bond motifs is 1. The molecule has 142 valence electrons. The molecule has 0 fully saturated rings. The van der Waals surface area contributed by atoms with Crippen LogP contribution in [-0.2, 0) is 6.42 Å². The minimum absolute atomic E-state index is 0.131. The average Bonchev–Trinajstić information content (AvgIpc) is 3.30. The highest BCUT2D eigenvalue weighted by Crippen LogP contribution is 2.25. The molecule has 0 spiro atoms. The number of rotatable bonds is 5. The van der Waals surface area contributed by atoms with Crippen LogP contribution in [0.1, 0.15) is 33.1 Å². The highest BCUT2D eigenvalue weighted by atomic mass is 16.3. The number of aryl methyl sites for hydroxylation is 3. The van der Waals surface area contributed by atoms with Gasteiger partial charge < -0.3 is 9.73 Å². The fourth-order valence-corrected chi connectivity index (χ4v) is 3.31. The summed E-state index contributed by atoms with van der Waals surface area (Å²) in [5, 5.41) is 8.41. The SMILES string of the molecule is Cc1ccc(-n2nc(C)c3c(C(=O)NCCc4ccco4)cc(C)nc32)cc1. The first-order chi connectivity index (χ1) is 13.5. The number of furan rings is 1. The Kier molecular flexibility index (Phi) is 4.69. The van der Waals surface area contributed by atoms with E-state index in [9.17, 15) is 4.79 Å². The number of nitrogens with one attached hydrogen (secondary N) is 1. The molecule has 0 radical (unpaired) electrons. The maximum Gasteiger partial charge on any atom is 0.252 e. The zero-order valence-corrected chi connectivity index (χ0v) is 16.2. The third-order valence-electron chi connectivity index (χ3n) is 4.70. The third-order valence-corrected chi connectivity index (χ3v) is 4.70. The topological polar surface area (TPSA) is 73.0 Å². The van der Waals surface area contributed by atoms with Gasteiger partial charge in [-0.05, 0) is 51.1 Å². The van der Waals surface area contributed by atoms with E-state index < -0.39 is 0 Å². The summed E-state index contributed by atoms with van der Waals surface area (Å²) >= 11 is 0. The van der Waals surface area contributed by atoms with E-state index in [0.29, 0.717) is 24.2 Å². The number of hydrogen-bond donors (Lipinski definition) is 1. The summed E-state index contributed by atoms with van der Waals surface area (Å²) in [6.45, 7) is 6.34. The van der Waals surface area contributed by atoms with Gasteiger partial charge in [0.25, 0.3) is 5.91 Å². The van der Waals surface area contributed by atoms with Crippen LogP contribution in [0.15, 0.2) is 53.1 Å². The maximum absolute atomic E-state index is 12.9. The second-order valence-corrected chi connectivity index (χ2v) is 6.93. The summed E-state index contributed by atoms with van der Waals surface area (Å²) in [6.07, 6.45) is 2.28. The molecule has 4 rings (SSSR count). The van der Waals surface area contributed by atoms with Crippen molar-refractivity contribution in [3.8, 4) is 5.69 Å². The Balaban J connectivity index is 1.68. The van der Waals surface area contributed by atoms with E-state index in [2.05, 4.69) is 15.4 Å². The maximum atomic E-state index is 12.9. The van der Waals surface area contributed by atoms with E-state index in [4.69, 9.17) is 4.42 Å². The number of aromatic nitrogens is 3. The Morgan fingerprint density at radius 1 is 1.14 bits per heavy atom. The quantitative estimate of drug-likeness (QED) is 0.575. The molecule has 0 aliphatic rings. The molecular weight excluding hydrogens is 352 g/mol. The lowest BCUT2D eigenvalue weighted by Gasteiger charge is -2.08. The first-order valence-electron chi connectivity index (χ1n) is 9.27. The van der Waals surface area contributed by atoms with Gasteiger partial charge >= 0.3 is 0 Å². The van der Waals surface area contributed by atoms with Crippen molar-refractivity contribution in [3.05, 3.63) is 77.0 Å². The van der Waals surface area contributed by atoms with Crippen LogP contribution in [0.2, 0.25) is 0 Å². The summed E-state index contributed by atoms with van der Waals surface area (Å²) < 4.78 is 7.12. The lowest BCUT2D eigenvalue weighted by molar-refractivity contribution is 0.0955. The molecule has 1 aromatic carbocycles. The molecular formula is C22H22N4O2. The van der Waals surface area contributed by atoms with Crippen LogP contribution in [0.5, 0.6) is 0 Å². The van der Waals surface area contributed by atoms with Gasteiger partial charge in [0.2, 0.25) is 0 Å². The van der Waals surface area contributed by atoms with Crippen molar-refractivity contribution in [1.82, 2.24) is 20.1 Å². The van der Waals surface area contributed by atoms with Crippen molar-refractivity contribution < 1.29 is 9.21 Å². The number of carbonyl (C=O) groups excluding carboxylic acids is 1. The number of amides is 1. The molecule has 3 aromatic heterocycles. The summed E-state index contributed by atoms with van der Waals surface area (Å²) in [4.78, 5) is 17.5. The standard InChI is InChI=1S/C22H22N4O2/c1-14-6-8-17(9-7-14)26-21-20(16(3)25-26)19(13-15(2)24-21)22(27)23-11-10-18-5-4-12-28-18/h4-9,12-13H,10-11H2,1-3H3,(H,23,27). The fourth-order valence-electron chi connectivity index (χ4n) is 3.31. The minimum atomic E-state index is -0.131. The van der Waals surface area contributed by atoms with E-state index >= 15 is 0 Å². The van der Waals surface area contributed by atoms with Gasteiger partial charge in [-0.1, -0.05) is 17.7 Å². The van der Waals surface area contributed by atoms with Crippen molar-refractivity contribution in [3.63, 3.8) is 0 Å². The molecule has 0 unspecified atom stereocenters. The van der Waals surface area contributed by atoms with E-state index in [0.717, 1.165) is 28.2 Å². The lowest BCUT2D eigenvalue weighted by Crippen LogP contribution is -2.26. The number of nitrogens with zero attached hydrogens (tertiary/aromatic N) is 3. The zero-order chi connectivity index (χ0) is 19.7. The van der Waals surface area contributed by atoms with Crippen LogP contribution in [0.3, 0.4) is 0 Å². The predicted molar refractivity (Wildman–Crippen MR) is 108 cm³/mol. The number of benzene rings is 1. The second kappa shape index (κ2) is 7.31. The Bertz CT molecular complexity index is 1130. The molecule has 6 heteroatoms. The van der Waals surface area contributed by atoms with E-state index in [1.54, 1.807) is 10.9 Å². The molecule has 28 heavy (non-hydrogen) atoms. The normalized spacial score (nSPS) is 11.1. The van der Waals surface area contributed by atoms with Crippen molar-refractivity contribution in [2.45, 2.75) is 27.2 Å². The second-order valence-electron chi connectivity index (χ2n) is 6.93. The van der Waals surface area contributed by atoms with Gasteiger partial charge in [0, 0.05) is 18.7 Å². The molecule has 4 aromatic rings. The van der Waals surface area contributed by atoms with E-state index in [1.807, 2.05) is 63.2 Å². The van der Waals surface area contributed by atoms with Gasteiger partial charge in [-0.15, -0.1) is 0 Å². The van der Waals surface area contributed by atoms with Gasteiger partial charge in [0.1, 0.15) is 5.76 Å². The van der Waals surface area contributed by atoms with Gasteiger partial charge in [0.05, 0.1) is 28.6 Å². The summed E-state index contributed by atoms with van der Waals surface area (Å²) in [5.74, 6) is 0.716. The monoisotopic (exact) mass is 374 g/mol.